The molecule has 0 aliphatic carbocycles. The van der Waals surface area contributed by atoms with E-state index in [2.05, 4.69) is 5.32 Å². The van der Waals surface area contributed by atoms with E-state index in [-0.39, 0.29) is 17.9 Å². The zero-order chi connectivity index (χ0) is 14.4. The van der Waals surface area contributed by atoms with Gasteiger partial charge in [-0.1, -0.05) is 6.92 Å². The van der Waals surface area contributed by atoms with Gasteiger partial charge < -0.3 is 14.8 Å². The summed E-state index contributed by atoms with van der Waals surface area (Å²) in [6.07, 6.45) is 0. The summed E-state index contributed by atoms with van der Waals surface area (Å²) in [5.74, 6) is 1.42. The van der Waals surface area contributed by atoms with Crippen LogP contribution >= 0.6 is 11.6 Å². The van der Waals surface area contributed by atoms with Gasteiger partial charge in [-0.05, 0) is 19.1 Å². The van der Waals surface area contributed by atoms with Gasteiger partial charge in [-0.3, -0.25) is 4.79 Å². The highest BCUT2D eigenvalue weighted by Crippen LogP contribution is 2.29. The van der Waals surface area contributed by atoms with Crippen LogP contribution in [-0.4, -0.2) is 26.0 Å². The minimum absolute atomic E-state index is 0.0691. The molecule has 0 aromatic heterocycles. The highest BCUT2D eigenvalue weighted by molar-refractivity contribution is 6.19. The Bertz CT molecular complexity index is 437. The van der Waals surface area contributed by atoms with E-state index in [1.54, 1.807) is 27.2 Å². The van der Waals surface area contributed by atoms with Crippen LogP contribution in [0, 0.1) is 5.92 Å². The Morgan fingerprint density at radius 1 is 1.32 bits per heavy atom. The summed E-state index contributed by atoms with van der Waals surface area (Å²) in [4.78, 5) is 11.8. The fourth-order valence-electron chi connectivity index (χ4n) is 1.68. The molecule has 0 saturated carbocycles. The standard InChI is InChI=1S/C14H20ClNO3/c1-9(8-15)14(17)16-10(2)12-6-5-11(18-3)7-13(12)19-4/h5-7,9-10H,8H2,1-4H3,(H,16,17). The normalized spacial score (nSPS) is 13.5. The first-order valence-corrected chi connectivity index (χ1v) is 6.65. The van der Waals surface area contributed by atoms with Crippen LogP contribution in [0.1, 0.15) is 25.5 Å². The number of rotatable bonds is 6. The Kier molecular flexibility index (Phi) is 5.96. The molecule has 1 rings (SSSR count). The summed E-state index contributed by atoms with van der Waals surface area (Å²) in [6, 6.07) is 5.36. The van der Waals surface area contributed by atoms with Crippen molar-refractivity contribution in [3.8, 4) is 11.5 Å². The number of carbonyl (C=O) groups is 1. The van der Waals surface area contributed by atoms with E-state index in [1.165, 1.54) is 0 Å². The van der Waals surface area contributed by atoms with Crippen molar-refractivity contribution in [2.45, 2.75) is 19.9 Å². The van der Waals surface area contributed by atoms with Crippen molar-refractivity contribution >= 4 is 17.5 Å². The molecule has 4 nitrogen and oxygen atoms in total. The van der Waals surface area contributed by atoms with Crippen molar-refractivity contribution in [1.29, 1.82) is 0 Å². The van der Waals surface area contributed by atoms with Gasteiger partial charge in [-0.25, -0.2) is 0 Å². The molecule has 0 spiro atoms. The number of methoxy groups -OCH3 is 2. The average molecular weight is 286 g/mol. The molecular formula is C14H20ClNO3. The third-order valence-electron chi connectivity index (χ3n) is 2.94. The smallest absolute Gasteiger partial charge is 0.224 e. The third-order valence-corrected chi connectivity index (χ3v) is 3.41. The molecule has 1 aromatic carbocycles. The molecule has 2 atom stereocenters. The quantitative estimate of drug-likeness (QED) is 0.818. The lowest BCUT2D eigenvalue weighted by molar-refractivity contribution is -0.124. The summed E-state index contributed by atoms with van der Waals surface area (Å²) in [5, 5.41) is 2.91. The molecule has 0 aliphatic heterocycles. The molecule has 1 amide bonds. The first-order chi connectivity index (χ1) is 9.03. The van der Waals surface area contributed by atoms with Gasteiger partial charge in [0.25, 0.3) is 0 Å². The minimum Gasteiger partial charge on any atom is -0.497 e. The predicted octanol–water partition coefficient (Wildman–Crippen LogP) is 2.76. The number of carbonyl (C=O) groups excluding carboxylic acids is 1. The summed E-state index contributed by atoms with van der Waals surface area (Å²) in [7, 11) is 3.19. The first kappa shape index (κ1) is 15.6. The molecule has 1 aromatic rings. The highest BCUT2D eigenvalue weighted by atomic mass is 35.5. The summed E-state index contributed by atoms with van der Waals surface area (Å²) >= 11 is 5.67. The Labute approximate surface area is 119 Å². The lowest BCUT2D eigenvalue weighted by atomic mass is 10.1. The second-order valence-corrected chi connectivity index (χ2v) is 4.70. The first-order valence-electron chi connectivity index (χ1n) is 6.11. The maximum Gasteiger partial charge on any atom is 0.224 e. The molecule has 0 aliphatic rings. The van der Waals surface area contributed by atoms with Crippen molar-refractivity contribution in [1.82, 2.24) is 5.32 Å². The topological polar surface area (TPSA) is 47.6 Å². The van der Waals surface area contributed by atoms with E-state index < -0.39 is 0 Å². The second-order valence-electron chi connectivity index (χ2n) is 4.39. The van der Waals surface area contributed by atoms with Crippen LogP contribution < -0.4 is 14.8 Å². The molecule has 0 radical (unpaired) electrons. The van der Waals surface area contributed by atoms with Gasteiger partial charge in [0, 0.05) is 23.4 Å². The van der Waals surface area contributed by atoms with E-state index in [9.17, 15) is 4.79 Å². The van der Waals surface area contributed by atoms with Crippen LogP contribution in [0.2, 0.25) is 0 Å². The van der Waals surface area contributed by atoms with Crippen molar-refractivity contribution in [3.63, 3.8) is 0 Å². The van der Waals surface area contributed by atoms with Gasteiger partial charge in [-0.15, -0.1) is 11.6 Å². The third kappa shape index (κ3) is 4.03. The Morgan fingerprint density at radius 2 is 2.00 bits per heavy atom. The highest BCUT2D eigenvalue weighted by Gasteiger charge is 2.18. The number of alkyl halides is 1. The number of amides is 1. The van der Waals surface area contributed by atoms with Gasteiger partial charge >= 0.3 is 0 Å². The summed E-state index contributed by atoms with van der Waals surface area (Å²) in [6.45, 7) is 3.70. The zero-order valence-electron chi connectivity index (χ0n) is 11.7. The molecule has 2 unspecified atom stereocenters. The van der Waals surface area contributed by atoms with Crippen molar-refractivity contribution in [2.24, 2.45) is 5.92 Å². The Hall–Kier alpha value is -1.42. The van der Waals surface area contributed by atoms with Crippen LogP contribution in [0.25, 0.3) is 0 Å². The SMILES string of the molecule is COc1ccc(C(C)NC(=O)C(C)CCl)c(OC)c1. The lowest BCUT2D eigenvalue weighted by Gasteiger charge is -2.19. The van der Waals surface area contributed by atoms with Crippen LogP contribution in [0.5, 0.6) is 11.5 Å². The molecule has 106 valence electrons. The molecule has 19 heavy (non-hydrogen) atoms. The van der Waals surface area contributed by atoms with E-state index in [0.717, 1.165) is 5.56 Å². The maximum atomic E-state index is 11.8. The van der Waals surface area contributed by atoms with Gasteiger partial charge in [0.15, 0.2) is 0 Å². The number of halogens is 1. The number of benzene rings is 1. The van der Waals surface area contributed by atoms with E-state index in [1.807, 2.05) is 19.1 Å². The molecule has 1 N–H and O–H groups in total. The molecule has 0 heterocycles. The monoisotopic (exact) mass is 285 g/mol. The largest absolute Gasteiger partial charge is 0.497 e. The Morgan fingerprint density at radius 3 is 2.53 bits per heavy atom. The van der Waals surface area contributed by atoms with Crippen molar-refractivity contribution < 1.29 is 14.3 Å². The van der Waals surface area contributed by atoms with Gasteiger partial charge in [0.1, 0.15) is 11.5 Å². The fourth-order valence-corrected chi connectivity index (χ4v) is 1.82. The van der Waals surface area contributed by atoms with Crippen LogP contribution in [0.15, 0.2) is 18.2 Å². The van der Waals surface area contributed by atoms with Crippen LogP contribution in [-0.2, 0) is 4.79 Å². The number of hydrogen-bond donors (Lipinski definition) is 1. The Balaban J connectivity index is 2.87. The van der Waals surface area contributed by atoms with Crippen LogP contribution in [0.3, 0.4) is 0 Å². The molecule has 0 saturated heterocycles. The summed E-state index contributed by atoms with van der Waals surface area (Å²) in [5.41, 5.74) is 0.901. The van der Waals surface area contributed by atoms with Gasteiger partial charge in [0.05, 0.1) is 20.3 Å². The van der Waals surface area contributed by atoms with Crippen LogP contribution in [0.4, 0.5) is 0 Å². The second kappa shape index (κ2) is 7.24. The lowest BCUT2D eigenvalue weighted by Crippen LogP contribution is -2.32. The van der Waals surface area contributed by atoms with Crippen molar-refractivity contribution in [2.75, 3.05) is 20.1 Å². The fraction of sp³-hybridized carbons (Fsp3) is 0.500. The molecule has 5 heteroatoms. The molecule has 0 fully saturated rings. The zero-order valence-corrected chi connectivity index (χ0v) is 12.5. The van der Waals surface area contributed by atoms with E-state index >= 15 is 0 Å². The van der Waals surface area contributed by atoms with Crippen molar-refractivity contribution in [3.05, 3.63) is 23.8 Å². The van der Waals surface area contributed by atoms with Gasteiger partial charge in [0.2, 0.25) is 5.91 Å². The van der Waals surface area contributed by atoms with Gasteiger partial charge in [-0.2, -0.15) is 0 Å². The molecule has 0 bridgehead atoms. The molecular weight excluding hydrogens is 266 g/mol. The van der Waals surface area contributed by atoms with E-state index in [0.29, 0.717) is 17.4 Å². The predicted molar refractivity (Wildman–Crippen MR) is 76.0 cm³/mol. The number of ether oxygens (including phenoxy) is 2. The average Bonchev–Trinajstić information content (AvgIpc) is 2.45. The number of nitrogens with one attached hydrogen (secondary N) is 1. The minimum atomic E-state index is -0.214. The maximum absolute atomic E-state index is 11.8. The summed E-state index contributed by atoms with van der Waals surface area (Å²) < 4.78 is 10.5. The van der Waals surface area contributed by atoms with E-state index in [4.69, 9.17) is 21.1 Å². The number of hydrogen-bond acceptors (Lipinski definition) is 3.